The Morgan fingerprint density at radius 2 is 1.92 bits per heavy atom. The minimum atomic E-state index is -3.61. The van der Waals surface area contributed by atoms with Crippen LogP contribution in [0.3, 0.4) is 0 Å². The largest absolute Gasteiger partial charge is 0.244 e. The molecule has 0 atom stereocenters. The first-order chi connectivity index (χ1) is 12.1. The molecule has 0 saturated heterocycles. The van der Waals surface area contributed by atoms with Crippen LogP contribution < -0.4 is 4.72 Å². The SMILES string of the molecule is CCCCCNS(=O)(=O)c1cn(-c2ccccc2)nc1-c1cccs1. The molecule has 2 aromatic heterocycles. The molecule has 3 aromatic rings. The van der Waals surface area contributed by atoms with Crippen molar-refractivity contribution in [2.75, 3.05) is 6.54 Å². The lowest BCUT2D eigenvalue weighted by atomic mass is 10.3. The predicted octanol–water partition coefficient (Wildman–Crippen LogP) is 4.07. The lowest BCUT2D eigenvalue weighted by Gasteiger charge is -2.05. The van der Waals surface area contributed by atoms with Crippen molar-refractivity contribution >= 4 is 21.4 Å². The molecule has 3 rings (SSSR count). The number of nitrogens with zero attached hydrogens (tertiary/aromatic N) is 2. The molecule has 0 amide bonds. The van der Waals surface area contributed by atoms with E-state index >= 15 is 0 Å². The van der Waals surface area contributed by atoms with Gasteiger partial charge in [0.05, 0.1) is 16.8 Å². The quantitative estimate of drug-likeness (QED) is 0.604. The minimum Gasteiger partial charge on any atom is -0.239 e. The van der Waals surface area contributed by atoms with Crippen LogP contribution in [0.4, 0.5) is 0 Å². The Kier molecular flexibility index (Phi) is 5.67. The summed E-state index contributed by atoms with van der Waals surface area (Å²) in [6.45, 7) is 2.53. The van der Waals surface area contributed by atoms with Gasteiger partial charge in [0.2, 0.25) is 10.0 Å². The molecule has 25 heavy (non-hydrogen) atoms. The molecule has 0 aliphatic rings. The molecule has 0 aliphatic heterocycles. The van der Waals surface area contributed by atoms with Gasteiger partial charge in [-0.1, -0.05) is 44.0 Å². The molecular weight excluding hydrogens is 354 g/mol. The fourth-order valence-corrected chi connectivity index (χ4v) is 4.51. The number of benzene rings is 1. The summed E-state index contributed by atoms with van der Waals surface area (Å²) in [5, 5.41) is 6.46. The van der Waals surface area contributed by atoms with Crippen LogP contribution in [-0.2, 0) is 10.0 Å². The molecule has 5 nitrogen and oxygen atoms in total. The van der Waals surface area contributed by atoms with Crippen molar-refractivity contribution in [1.82, 2.24) is 14.5 Å². The standard InChI is InChI=1S/C18H21N3O2S2/c1-2-3-7-12-19-25(22,23)17-14-21(15-9-5-4-6-10-15)20-18(17)16-11-8-13-24-16/h4-6,8-11,13-14,19H,2-3,7,12H2,1H3. The van der Waals surface area contributed by atoms with Crippen LogP contribution in [-0.4, -0.2) is 24.7 Å². The summed E-state index contributed by atoms with van der Waals surface area (Å²) < 4.78 is 29.9. The highest BCUT2D eigenvalue weighted by Gasteiger charge is 2.24. The molecule has 0 spiro atoms. The maximum absolute atomic E-state index is 12.8. The number of hydrogen-bond donors (Lipinski definition) is 1. The first-order valence-corrected chi connectivity index (χ1v) is 10.7. The van der Waals surface area contributed by atoms with Crippen LogP contribution >= 0.6 is 11.3 Å². The zero-order valence-corrected chi connectivity index (χ0v) is 15.7. The molecule has 0 unspecified atom stereocenters. The predicted molar refractivity (Wildman–Crippen MR) is 102 cm³/mol. The van der Waals surface area contributed by atoms with Gasteiger partial charge in [0, 0.05) is 6.54 Å². The summed E-state index contributed by atoms with van der Waals surface area (Å²) in [5.74, 6) is 0. The van der Waals surface area contributed by atoms with Crippen molar-refractivity contribution in [2.24, 2.45) is 0 Å². The van der Waals surface area contributed by atoms with Crippen LogP contribution in [0.15, 0.2) is 58.9 Å². The van der Waals surface area contributed by atoms with Gasteiger partial charge < -0.3 is 0 Å². The van der Waals surface area contributed by atoms with Gasteiger partial charge >= 0.3 is 0 Å². The third-order valence-corrected chi connectivity index (χ3v) is 6.16. The molecule has 0 aliphatic carbocycles. The average molecular weight is 376 g/mol. The fourth-order valence-electron chi connectivity index (χ4n) is 2.51. The van der Waals surface area contributed by atoms with Gasteiger partial charge in [-0.25, -0.2) is 17.8 Å². The normalized spacial score (nSPS) is 11.7. The summed E-state index contributed by atoms with van der Waals surface area (Å²) in [4.78, 5) is 1.05. The van der Waals surface area contributed by atoms with Gasteiger partial charge in [-0.2, -0.15) is 5.10 Å². The molecule has 1 N–H and O–H groups in total. The number of rotatable bonds is 8. The Morgan fingerprint density at radius 1 is 1.12 bits per heavy atom. The van der Waals surface area contributed by atoms with E-state index in [1.165, 1.54) is 11.3 Å². The Balaban J connectivity index is 1.98. The van der Waals surface area contributed by atoms with Gasteiger partial charge in [0.1, 0.15) is 10.6 Å². The smallest absolute Gasteiger partial charge is 0.239 e. The number of sulfonamides is 1. The highest BCUT2D eigenvalue weighted by Crippen LogP contribution is 2.30. The second kappa shape index (κ2) is 7.95. The lowest BCUT2D eigenvalue weighted by Crippen LogP contribution is -2.25. The van der Waals surface area contributed by atoms with Crippen molar-refractivity contribution in [3.05, 3.63) is 54.0 Å². The first kappa shape index (κ1) is 17.8. The molecule has 1 aromatic carbocycles. The second-order valence-electron chi connectivity index (χ2n) is 5.70. The van der Waals surface area contributed by atoms with Gasteiger partial charge in [-0.3, -0.25) is 0 Å². The van der Waals surface area contributed by atoms with E-state index in [2.05, 4.69) is 16.7 Å². The fraction of sp³-hybridized carbons (Fsp3) is 0.278. The number of nitrogens with one attached hydrogen (secondary N) is 1. The maximum atomic E-state index is 12.8. The summed E-state index contributed by atoms with van der Waals surface area (Å²) >= 11 is 1.48. The van der Waals surface area contributed by atoms with E-state index in [4.69, 9.17) is 0 Å². The third-order valence-electron chi connectivity index (χ3n) is 3.82. The van der Waals surface area contributed by atoms with Crippen LogP contribution in [0.1, 0.15) is 26.2 Å². The monoisotopic (exact) mass is 375 g/mol. The van der Waals surface area contributed by atoms with Gasteiger partial charge in [-0.15, -0.1) is 11.3 Å². The Bertz CT molecular complexity index is 901. The highest BCUT2D eigenvalue weighted by molar-refractivity contribution is 7.89. The first-order valence-electron chi connectivity index (χ1n) is 8.30. The van der Waals surface area contributed by atoms with Crippen LogP contribution in [0.2, 0.25) is 0 Å². The van der Waals surface area contributed by atoms with E-state index < -0.39 is 10.0 Å². The molecule has 0 fully saturated rings. The zero-order chi connectivity index (χ0) is 17.7. The Labute approximate surface area is 152 Å². The number of aromatic nitrogens is 2. The van der Waals surface area contributed by atoms with Crippen molar-refractivity contribution in [3.8, 4) is 16.3 Å². The van der Waals surface area contributed by atoms with E-state index in [0.29, 0.717) is 12.2 Å². The number of thiophene rings is 1. The van der Waals surface area contributed by atoms with E-state index in [-0.39, 0.29) is 4.90 Å². The van der Waals surface area contributed by atoms with E-state index in [0.717, 1.165) is 29.8 Å². The molecule has 132 valence electrons. The van der Waals surface area contributed by atoms with Crippen molar-refractivity contribution in [1.29, 1.82) is 0 Å². The average Bonchev–Trinajstić information content (AvgIpc) is 3.29. The molecular formula is C18H21N3O2S2. The topological polar surface area (TPSA) is 64.0 Å². The molecule has 2 heterocycles. The summed E-state index contributed by atoms with van der Waals surface area (Å²) in [7, 11) is -3.61. The summed E-state index contributed by atoms with van der Waals surface area (Å²) in [6, 6.07) is 13.3. The van der Waals surface area contributed by atoms with Crippen LogP contribution in [0.25, 0.3) is 16.3 Å². The lowest BCUT2D eigenvalue weighted by molar-refractivity contribution is 0.576. The zero-order valence-electron chi connectivity index (χ0n) is 14.1. The van der Waals surface area contributed by atoms with E-state index in [1.807, 2.05) is 47.8 Å². The number of hydrogen-bond acceptors (Lipinski definition) is 4. The Hall–Kier alpha value is -1.96. The van der Waals surface area contributed by atoms with Crippen molar-refractivity contribution in [3.63, 3.8) is 0 Å². The third kappa shape index (κ3) is 4.18. The second-order valence-corrected chi connectivity index (χ2v) is 8.39. The molecule has 7 heteroatoms. The van der Waals surface area contributed by atoms with Gasteiger partial charge in [-0.05, 0) is 30.0 Å². The number of unbranched alkanes of at least 4 members (excludes halogenated alkanes) is 2. The van der Waals surface area contributed by atoms with E-state index in [9.17, 15) is 8.42 Å². The Morgan fingerprint density at radius 3 is 2.60 bits per heavy atom. The molecule has 0 radical (unpaired) electrons. The molecule has 0 saturated carbocycles. The van der Waals surface area contributed by atoms with E-state index in [1.54, 1.807) is 10.9 Å². The van der Waals surface area contributed by atoms with Crippen molar-refractivity contribution in [2.45, 2.75) is 31.1 Å². The maximum Gasteiger partial charge on any atom is 0.244 e. The summed E-state index contributed by atoms with van der Waals surface area (Å²) in [5.41, 5.74) is 1.31. The van der Waals surface area contributed by atoms with Crippen LogP contribution in [0.5, 0.6) is 0 Å². The van der Waals surface area contributed by atoms with Crippen molar-refractivity contribution < 1.29 is 8.42 Å². The molecule has 0 bridgehead atoms. The van der Waals surface area contributed by atoms with Gasteiger partial charge in [0.15, 0.2) is 0 Å². The van der Waals surface area contributed by atoms with Gasteiger partial charge in [0.25, 0.3) is 0 Å². The minimum absolute atomic E-state index is 0.218. The van der Waals surface area contributed by atoms with Crippen LogP contribution in [0, 0.1) is 0 Å². The number of para-hydroxylation sites is 1. The highest BCUT2D eigenvalue weighted by atomic mass is 32.2. The summed E-state index contributed by atoms with van der Waals surface area (Å²) in [6.07, 6.45) is 4.47.